The van der Waals surface area contributed by atoms with Gasteiger partial charge in [-0.2, -0.15) is 0 Å². The summed E-state index contributed by atoms with van der Waals surface area (Å²) >= 11 is 0. The summed E-state index contributed by atoms with van der Waals surface area (Å²) in [4.78, 5) is 0. The van der Waals surface area contributed by atoms with Crippen LogP contribution in [0, 0.1) is 13.8 Å². The molecule has 1 fully saturated rings. The molecule has 94 valence electrons. The number of benzene rings is 1. The lowest BCUT2D eigenvalue weighted by Gasteiger charge is -2.15. The van der Waals surface area contributed by atoms with Crippen molar-refractivity contribution in [2.45, 2.75) is 38.7 Å². The highest BCUT2D eigenvalue weighted by Crippen LogP contribution is 2.23. The van der Waals surface area contributed by atoms with Crippen molar-refractivity contribution in [3.05, 3.63) is 29.3 Å². The number of hydrogen-bond donors (Lipinski definition) is 3. The van der Waals surface area contributed by atoms with Crippen molar-refractivity contribution >= 4 is 5.69 Å². The molecule has 0 radical (unpaired) electrons. The molecule has 0 aliphatic carbocycles. The van der Waals surface area contributed by atoms with Crippen molar-refractivity contribution in [3.63, 3.8) is 0 Å². The Morgan fingerprint density at radius 2 is 2.12 bits per heavy atom. The first-order valence-corrected chi connectivity index (χ1v) is 5.88. The fourth-order valence-electron chi connectivity index (χ4n) is 2.00. The highest BCUT2D eigenvalue weighted by molar-refractivity contribution is 5.48. The smallest absolute Gasteiger partial charge is 0.130 e. The van der Waals surface area contributed by atoms with Gasteiger partial charge in [-0.1, -0.05) is 6.07 Å². The maximum atomic E-state index is 9.61. The number of aliphatic hydroxyl groups is 2. The maximum Gasteiger partial charge on any atom is 0.130 e. The minimum Gasteiger partial charge on any atom is -0.394 e. The zero-order valence-electron chi connectivity index (χ0n) is 10.2. The molecule has 4 heteroatoms. The lowest BCUT2D eigenvalue weighted by Crippen LogP contribution is -2.25. The van der Waals surface area contributed by atoms with Gasteiger partial charge in [-0.15, -0.1) is 0 Å². The van der Waals surface area contributed by atoms with Crippen molar-refractivity contribution in [2.24, 2.45) is 0 Å². The molecule has 2 rings (SSSR count). The predicted molar refractivity (Wildman–Crippen MR) is 65.9 cm³/mol. The molecule has 4 nitrogen and oxygen atoms in total. The van der Waals surface area contributed by atoms with E-state index in [4.69, 9.17) is 9.84 Å². The molecule has 1 aromatic carbocycles. The normalized spacial score (nSPS) is 28.4. The molecule has 0 spiro atoms. The van der Waals surface area contributed by atoms with Crippen LogP contribution in [-0.2, 0) is 4.74 Å². The summed E-state index contributed by atoms with van der Waals surface area (Å²) < 4.78 is 5.49. The van der Waals surface area contributed by atoms with Crippen LogP contribution in [0.3, 0.4) is 0 Å². The fourth-order valence-corrected chi connectivity index (χ4v) is 2.00. The summed E-state index contributed by atoms with van der Waals surface area (Å²) in [6, 6.07) is 6.09. The Kier molecular flexibility index (Phi) is 3.66. The van der Waals surface area contributed by atoms with Gasteiger partial charge >= 0.3 is 0 Å². The number of hydrogen-bond acceptors (Lipinski definition) is 4. The van der Waals surface area contributed by atoms with E-state index in [0.29, 0.717) is 6.42 Å². The Hall–Kier alpha value is -1.10. The Morgan fingerprint density at radius 3 is 2.71 bits per heavy atom. The molecular weight excluding hydrogens is 218 g/mol. The van der Waals surface area contributed by atoms with E-state index in [9.17, 15) is 5.11 Å². The molecule has 1 aromatic rings. The Labute approximate surface area is 101 Å². The molecule has 0 bridgehead atoms. The molecule has 1 heterocycles. The minimum atomic E-state index is -0.593. The van der Waals surface area contributed by atoms with Crippen LogP contribution in [-0.4, -0.2) is 35.3 Å². The second-order valence-electron chi connectivity index (χ2n) is 4.59. The molecule has 0 aromatic heterocycles. The van der Waals surface area contributed by atoms with Crippen molar-refractivity contribution in [2.75, 3.05) is 11.9 Å². The number of aliphatic hydroxyl groups excluding tert-OH is 2. The van der Waals surface area contributed by atoms with Gasteiger partial charge in [0.15, 0.2) is 0 Å². The van der Waals surface area contributed by atoms with Gasteiger partial charge in [0.05, 0.1) is 12.7 Å². The molecule has 0 saturated carbocycles. The Bertz CT molecular complexity index is 394. The first-order valence-electron chi connectivity index (χ1n) is 5.88. The van der Waals surface area contributed by atoms with Gasteiger partial charge in [0.2, 0.25) is 0 Å². The number of anilines is 1. The van der Waals surface area contributed by atoms with E-state index < -0.39 is 12.2 Å². The minimum absolute atomic E-state index is 0.147. The third-order valence-electron chi connectivity index (χ3n) is 3.24. The average molecular weight is 237 g/mol. The molecule has 0 unspecified atom stereocenters. The number of aryl methyl sites for hydroxylation is 2. The summed E-state index contributed by atoms with van der Waals surface area (Å²) in [6.07, 6.45) is -0.801. The van der Waals surface area contributed by atoms with Crippen molar-refractivity contribution < 1.29 is 14.9 Å². The molecular formula is C13H19NO3. The van der Waals surface area contributed by atoms with E-state index in [-0.39, 0.29) is 12.8 Å². The van der Waals surface area contributed by atoms with Crippen LogP contribution < -0.4 is 5.32 Å². The first-order chi connectivity index (χ1) is 8.10. The molecule has 1 saturated heterocycles. The first kappa shape index (κ1) is 12.4. The van der Waals surface area contributed by atoms with Gasteiger partial charge < -0.3 is 20.3 Å². The number of nitrogens with one attached hydrogen (secondary N) is 1. The van der Waals surface area contributed by atoms with Crippen LogP contribution in [0.5, 0.6) is 0 Å². The van der Waals surface area contributed by atoms with Crippen LogP contribution in [0.4, 0.5) is 5.69 Å². The lowest BCUT2D eigenvalue weighted by molar-refractivity contribution is -0.0149. The second kappa shape index (κ2) is 5.04. The van der Waals surface area contributed by atoms with Gasteiger partial charge in [-0.3, -0.25) is 0 Å². The van der Waals surface area contributed by atoms with E-state index in [0.717, 1.165) is 5.69 Å². The molecule has 17 heavy (non-hydrogen) atoms. The van der Waals surface area contributed by atoms with E-state index in [1.54, 1.807) is 0 Å². The fraction of sp³-hybridized carbons (Fsp3) is 0.538. The van der Waals surface area contributed by atoms with Crippen LogP contribution in [0.25, 0.3) is 0 Å². The zero-order valence-corrected chi connectivity index (χ0v) is 10.2. The predicted octanol–water partition coefficient (Wildman–Crippen LogP) is 1.18. The topological polar surface area (TPSA) is 61.7 Å². The third kappa shape index (κ3) is 2.77. The Morgan fingerprint density at radius 1 is 1.35 bits per heavy atom. The molecule has 1 aliphatic rings. The monoisotopic (exact) mass is 237 g/mol. The SMILES string of the molecule is Cc1ccc(N[C@@H]2C[C@@H](O)[C@@H](CO)O2)cc1C. The van der Waals surface area contributed by atoms with E-state index >= 15 is 0 Å². The maximum absolute atomic E-state index is 9.61. The highest BCUT2D eigenvalue weighted by atomic mass is 16.5. The largest absolute Gasteiger partial charge is 0.394 e. The number of ether oxygens (including phenoxy) is 1. The molecule has 1 aliphatic heterocycles. The summed E-state index contributed by atoms with van der Waals surface area (Å²) in [5, 5.41) is 21.8. The van der Waals surface area contributed by atoms with E-state index in [1.165, 1.54) is 11.1 Å². The average Bonchev–Trinajstić information content (AvgIpc) is 2.64. The van der Waals surface area contributed by atoms with Crippen molar-refractivity contribution in [1.82, 2.24) is 0 Å². The highest BCUT2D eigenvalue weighted by Gasteiger charge is 2.33. The van der Waals surface area contributed by atoms with Gasteiger partial charge in [-0.05, 0) is 37.1 Å². The molecule has 3 atom stereocenters. The van der Waals surface area contributed by atoms with Crippen LogP contribution in [0.2, 0.25) is 0 Å². The van der Waals surface area contributed by atoms with E-state index in [1.807, 2.05) is 12.1 Å². The van der Waals surface area contributed by atoms with Gasteiger partial charge in [0, 0.05) is 12.1 Å². The Balaban J connectivity index is 2.00. The quantitative estimate of drug-likeness (QED) is 0.739. The van der Waals surface area contributed by atoms with Gasteiger partial charge in [0.1, 0.15) is 12.3 Å². The van der Waals surface area contributed by atoms with E-state index in [2.05, 4.69) is 25.2 Å². The summed E-state index contributed by atoms with van der Waals surface area (Å²) in [6.45, 7) is 3.98. The number of rotatable bonds is 3. The zero-order chi connectivity index (χ0) is 12.4. The van der Waals surface area contributed by atoms with Gasteiger partial charge in [0.25, 0.3) is 0 Å². The second-order valence-corrected chi connectivity index (χ2v) is 4.59. The molecule has 0 amide bonds. The lowest BCUT2D eigenvalue weighted by atomic mass is 10.1. The van der Waals surface area contributed by atoms with Gasteiger partial charge in [-0.25, -0.2) is 0 Å². The summed E-state index contributed by atoms with van der Waals surface area (Å²) in [5.74, 6) is 0. The van der Waals surface area contributed by atoms with Crippen molar-refractivity contribution in [3.8, 4) is 0 Å². The van der Waals surface area contributed by atoms with Crippen LogP contribution in [0.1, 0.15) is 17.5 Å². The van der Waals surface area contributed by atoms with Crippen LogP contribution in [0.15, 0.2) is 18.2 Å². The summed E-state index contributed by atoms with van der Waals surface area (Å²) in [5.41, 5.74) is 3.44. The summed E-state index contributed by atoms with van der Waals surface area (Å²) in [7, 11) is 0. The van der Waals surface area contributed by atoms with Crippen molar-refractivity contribution in [1.29, 1.82) is 0 Å². The van der Waals surface area contributed by atoms with Crippen LogP contribution >= 0.6 is 0 Å². The third-order valence-corrected chi connectivity index (χ3v) is 3.24. The molecule has 3 N–H and O–H groups in total. The standard InChI is InChI=1S/C13H19NO3/c1-8-3-4-10(5-9(8)2)14-13-6-11(16)12(7-15)17-13/h3-5,11-16H,6-7H2,1-2H3/t11-,12-,13+/m1/s1.